The molecule has 0 amide bonds. The van der Waals surface area contributed by atoms with Crippen molar-refractivity contribution in [2.45, 2.75) is 39.3 Å². The lowest BCUT2D eigenvalue weighted by atomic mass is 9.79. The Morgan fingerprint density at radius 1 is 0.962 bits per heavy atom. The van der Waals surface area contributed by atoms with Crippen molar-refractivity contribution in [3.63, 3.8) is 0 Å². The highest BCUT2D eigenvalue weighted by Gasteiger charge is 2.41. The van der Waals surface area contributed by atoms with E-state index in [0.29, 0.717) is 5.41 Å². The molecule has 0 aliphatic carbocycles. The van der Waals surface area contributed by atoms with Crippen molar-refractivity contribution < 1.29 is 4.39 Å². The van der Waals surface area contributed by atoms with Crippen molar-refractivity contribution in [3.8, 4) is 0 Å². The minimum absolute atomic E-state index is 0.153. The molecule has 3 heterocycles. The molecule has 1 spiro atoms. The summed E-state index contributed by atoms with van der Waals surface area (Å²) in [5.41, 5.74) is 3.91. The van der Waals surface area contributed by atoms with E-state index in [4.69, 9.17) is 0 Å². The average molecular weight is 353 g/mol. The van der Waals surface area contributed by atoms with E-state index in [2.05, 4.69) is 39.9 Å². The van der Waals surface area contributed by atoms with E-state index >= 15 is 0 Å². The Balaban J connectivity index is 1.37. The molecule has 4 heteroatoms. The maximum absolute atomic E-state index is 13.1. The molecule has 2 aromatic rings. The molecule has 1 aromatic carbocycles. The lowest BCUT2D eigenvalue weighted by Crippen LogP contribution is -2.44. The van der Waals surface area contributed by atoms with Gasteiger partial charge in [-0.15, -0.1) is 0 Å². The summed E-state index contributed by atoms with van der Waals surface area (Å²) in [6.45, 7) is 8.59. The van der Waals surface area contributed by atoms with Crippen molar-refractivity contribution >= 4 is 0 Å². The van der Waals surface area contributed by atoms with Crippen molar-refractivity contribution in [2.75, 3.05) is 26.2 Å². The van der Waals surface area contributed by atoms with Crippen LogP contribution in [0.2, 0.25) is 0 Å². The number of hydrogen-bond donors (Lipinski definition) is 0. The Labute approximate surface area is 155 Å². The summed E-state index contributed by atoms with van der Waals surface area (Å²) in [7, 11) is 0. The Kier molecular flexibility index (Phi) is 5.05. The summed E-state index contributed by atoms with van der Waals surface area (Å²) >= 11 is 0. The summed E-state index contributed by atoms with van der Waals surface area (Å²) in [6.07, 6.45) is 3.86. The summed E-state index contributed by atoms with van der Waals surface area (Å²) in [4.78, 5) is 9.80. The molecule has 0 bridgehead atoms. The Morgan fingerprint density at radius 3 is 2.50 bits per heavy atom. The van der Waals surface area contributed by atoms with Crippen molar-refractivity contribution in [1.29, 1.82) is 0 Å². The van der Waals surface area contributed by atoms with Gasteiger partial charge in [-0.05, 0) is 74.5 Å². The van der Waals surface area contributed by atoms with Crippen molar-refractivity contribution in [1.82, 2.24) is 14.8 Å². The number of nitrogens with zero attached hydrogens (tertiary/aromatic N) is 3. The van der Waals surface area contributed by atoms with E-state index in [0.717, 1.165) is 31.9 Å². The van der Waals surface area contributed by atoms with Crippen LogP contribution in [-0.4, -0.2) is 41.0 Å². The fraction of sp³-hybridized carbons (Fsp3) is 0.500. The van der Waals surface area contributed by atoms with Crippen LogP contribution in [0.1, 0.15) is 36.2 Å². The summed E-state index contributed by atoms with van der Waals surface area (Å²) in [5.74, 6) is -0.153. The first-order chi connectivity index (χ1) is 12.6. The van der Waals surface area contributed by atoms with Gasteiger partial charge in [-0.25, -0.2) is 4.39 Å². The second kappa shape index (κ2) is 7.45. The second-order valence-electron chi connectivity index (χ2n) is 8.17. The third kappa shape index (κ3) is 4.13. The van der Waals surface area contributed by atoms with Crippen LogP contribution in [0.15, 0.2) is 42.5 Å². The fourth-order valence-corrected chi connectivity index (χ4v) is 4.71. The standard InChI is InChI=1S/C22H28FN3/c1-18-4-2-5-21(24-18)15-26-13-11-22(17-26)10-3-12-25(16-22)14-19-6-8-20(23)9-7-19/h2,4-9H,3,10-17H2,1H3/t22-/m1/s1. The number of aryl methyl sites for hydroxylation is 1. The Morgan fingerprint density at radius 2 is 1.73 bits per heavy atom. The van der Waals surface area contributed by atoms with Gasteiger partial charge in [0.1, 0.15) is 5.82 Å². The minimum atomic E-state index is -0.153. The highest BCUT2D eigenvalue weighted by Crippen LogP contribution is 2.39. The largest absolute Gasteiger partial charge is 0.298 e. The maximum atomic E-state index is 13.1. The number of rotatable bonds is 4. The van der Waals surface area contributed by atoms with E-state index in [-0.39, 0.29) is 5.82 Å². The molecule has 2 saturated heterocycles. The highest BCUT2D eigenvalue weighted by atomic mass is 19.1. The van der Waals surface area contributed by atoms with Crippen LogP contribution in [0.4, 0.5) is 4.39 Å². The molecule has 0 radical (unpaired) electrons. The molecule has 26 heavy (non-hydrogen) atoms. The van der Waals surface area contributed by atoms with Gasteiger partial charge in [-0.3, -0.25) is 14.8 Å². The second-order valence-corrected chi connectivity index (χ2v) is 8.17. The smallest absolute Gasteiger partial charge is 0.123 e. The number of halogens is 1. The van der Waals surface area contributed by atoms with Gasteiger partial charge >= 0.3 is 0 Å². The monoisotopic (exact) mass is 353 g/mol. The molecule has 1 atom stereocenters. The van der Waals surface area contributed by atoms with Crippen molar-refractivity contribution in [3.05, 3.63) is 65.2 Å². The first kappa shape index (κ1) is 17.6. The first-order valence-corrected chi connectivity index (χ1v) is 9.72. The van der Waals surface area contributed by atoms with Gasteiger partial charge in [0, 0.05) is 31.9 Å². The van der Waals surface area contributed by atoms with Crippen LogP contribution < -0.4 is 0 Å². The lowest BCUT2D eigenvalue weighted by molar-refractivity contribution is 0.0864. The average Bonchev–Trinajstić information content (AvgIpc) is 2.99. The molecule has 0 N–H and O–H groups in total. The van der Waals surface area contributed by atoms with E-state index < -0.39 is 0 Å². The van der Waals surface area contributed by atoms with E-state index in [9.17, 15) is 4.39 Å². The van der Waals surface area contributed by atoms with Gasteiger partial charge in [0.25, 0.3) is 0 Å². The molecule has 2 aliphatic heterocycles. The van der Waals surface area contributed by atoms with Gasteiger partial charge in [-0.1, -0.05) is 18.2 Å². The maximum Gasteiger partial charge on any atom is 0.123 e. The third-order valence-electron chi connectivity index (χ3n) is 5.91. The Bertz CT molecular complexity index is 745. The normalized spacial score (nSPS) is 24.4. The molecule has 0 unspecified atom stereocenters. The van der Waals surface area contributed by atoms with Gasteiger partial charge in [0.15, 0.2) is 0 Å². The van der Waals surface area contributed by atoms with Crippen molar-refractivity contribution in [2.24, 2.45) is 5.41 Å². The topological polar surface area (TPSA) is 19.4 Å². The molecule has 2 fully saturated rings. The summed E-state index contributed by atoms with van der Waals surface area (Å²) < 4.78 is 13.1. The Hall–Kier alpha value is -1.78. The quantitative estimate of drug-likeness (QED) is 0.828. The van der Waals surface area contributed by atoms with E-state index in [1.165, 1.54) is 43.6 Å². The highest BCUT2D eigenvalue weighted by molar-refractivity contribution is 5.16. The summed E-state index contributed by atoms with van der Waals surface area (Å²) in [5, 5.41) is 0. The molecule has 2 aliphatic rings. The number of benzene rings is 1. The lowest BCUT2D eigenvalue weighted by Gasteiger charge is -2.40. The first-order valence-electron chi connectivity index (χ1n) is 9.72. The predicted octanol–water partition coefficient (Wildman–Crippen LogP) is 4.02. The number of piperidine rings is 1. The van der Waals surface area contributed by atoms with Gasteiger partial charge in [-0.2, -0.15) is 0 Å². The van der Waals surface area contributed by atoms with Crippen LogP contribution in [0, 0.1) is 18.2 Å². The molecule has 1 aromatic heterocycles. The van der Waals surface area contributed by atoms with Crippen LogP contribution in [0.25, 0.3) is 0 Å². The van der Waals surface area contributed by atoms with E-state index in [1.54, 1.807) is 12.1 Å². The summed E-state index contributed by atoms with van der Waals surface area (Å²) in [6, 6.07) is 13.3. The zero-order chi connectivity index (χ0) is 18.0. The van der Waals surface area contributed by atoms with Crippen LogP contribution in [0.5, 0.6) is 0 Å². The molecular formula is C22H28FN3. The molecule has 3 nitrogen and oxygen atoms in total. The van der Waals surface area contributed by atoms with Crippen LogP contribution >= 0.6 is 0 Å². The number of likely N-dealkylation sites (tertiary alicyclic amines) is 2. The molecular weight excluding hydrogens is 325 g/mol. The SMILES string of the molecule is Cc1cccc(CN2CC[C@@]3(CCCN(Cc4ccc(F)cc4)C3)C2)n1. The third-order valence-corrected chi connectivity index (χ3v) is 5.91. The molecule has 138 valence electrons. The fourth-order valence-electron chi connectivity index (χ4n) is 4.71. The zero-order valence-corrected chi connectivity index (χ0v) is 15.6. The zero-order valence-electron chi connectivity index (χ0n) is 15.6. The van der Waals surface area contributed by atoms with Gasteiger partial charge < -0.3 is 0 Å². The molecule has 0 saturated carbocycles. The van der Waals surface area contributed by atoms with Crippen LogP contribution in [0.3, 0.4) is 0 Å². The van der Waals surface area contributed by atoms with Gasteiger partial charge in [0.2, 0.25) is 0 Å². The number of pyridine rings is 1. The number of aromatic nitrogens is 1. The van der Waals surface area contributed by atoms with Crippen LogP contribution in [-0.2, 0) is 13.1 Å². The van der Waals surface area contributed by atoms with Gasteiger partial charge in [0.05, 0.1) is 5.69 Å². The molecule has 4 rings (SSSR count). The number of hydrogen-bond acceptors (Lipinski definition) is 3. The van der Waals surface area contributed by atoms with E-state index in [1.807, 2.05) is 12.1 Å². The minimum Gasteiger partial charge on any atom is -0.298 e. The predicted molar refractivity (Wildman–Crippen MR) is 102 cm³/mol.